The quantitative estimate of drug-likeness (QED) is 0.870. The molecule has 23 heavy (non-hydrogen) atoms. The molecule has 1 aromatic rings. The Balaban J connectivity index is 1.84. The lowest BCUT2D eigenvalue weighted by Crippen LogP contribution is -2.53. The van der Waals surface area contributed by atoms with E-state index < -0.39 is 18.3 Å². The number of piperidine rings is 1. The molecule has 1 fully saturated rings. The van der Waals surface area contributed by atoms with Crippen LogP contribution in [-0.2, 0) is 0 Å². The average molecular weight is 332 g/mol. The Morgan fingerprint density at radius 3 is 2.52 bits per heavy atom. The van der Waals surface area contributed by atoms with Crippen molar-refractivity contribution in [2.75, 3.05) is 31.6 Å². The van der Waals surface area contributed by atoms with Crippen LogP contribution in [0.1, 0.15) is 19.8 Å². The topological polar surface area (TPSA) is 44.7 Å². The van der Waals surface area contributed by atoms with Crippen molar-refractivity contribution in [3.05, 3.63) is 24.3 Å². The van der Waals surface area contributed by atoms with Crippen LogP contribution in [0.3, 0.4) is 0 Å². The van der Waals surface area contributed by atoms with Gasteiger partial charge in [-0.1, -0.05) is 6.07 Å². The molecular weight excluding hydrogens is 309 g/mol. The Bertz CT molecular complexity index is 512. The lowest BCUT2D eigenvalue weighted by atomic mass is 10.0. The lowest BCUT2D eigenvalue weighted by Gasteiger charge is -2.36. The van der Waals surface area contributed by atoms with Crippen molar-refractivity contribution in [3.63, 3.8) is 0 Å². The molecule has 2 rings (SSSR count). The summed E-state index contributed by atoms with van der Waals surface area (Å²) >= 11 is 0. The molecule has 2 N–H and O–H groups in total. The van der Waals surface area contributed by atoms with E-state index in [1.165, 1.54) is 0 Å². The highest BCUT2D eigenvalue weighted by atomic mass is 19.4. The smallest absolute Gasteiger partial charge is 0.418 e. The van der Waals surface area contributed by atoms with Crippen molar-refractivity contribution in [1.29, 1.82) is 0 Å². The van der Waals surface area contributed by atoms with Gasteiger partial charge in [0.05, 0.1) is 7.11 Å². The molecule has 0 saturated carbocycles. The van der Waals surface area contributed by atoms with Gasteiger partial charge < -0.3 is 20.1 Å². The number of alkyl halides is 3. The molecule has 1 aliphatic heterocycles. The molecule has 1 aliphatic rings. The van der Waals surface area contributed by atoms with E-state index in [1.807, 2.05) is 24.3 Å². The van der Waals surface area contributed by atoms with Gasteiger partial charge in [0.2, 0.25) is 0 Å². The van der Waals surface area contributed by atoms with Crippen molar-refractivity contribution in [1.82, 2.24) is 5.32 Å². The highest BCUT2D eigenvalue weighted by Gasteiger charge is 2.49. The fourth-order valence-corrected chi connectivity index (χ4v) is 2.59. The number of anilines is 1. The zero-order chi connectivity index (χ0) is 17.1. The van der Waals surface area contributed by atoms with E-state index in [4.69, 9.17) is 4.74 Å². The molecule has 0 aliphatic carbocycles. The third-order valence-corrected chi connectivity index (χ3v) is 4.26. The molecular formula is C16H23F3N2O2. The van der Waals surface area contributed by atoms with Gasteiger partial charge in [0.15, 0.2) is 5.60 Å². The van der Waals surface area contributed by atoms with Gasteiger partial charge in [-0.15, -0.1) is 0 Å². The van der Waals surface area contributed by atoms with Crippen molar-refractivity contribution in [2.45, 2.75) is 37.6 Å². The number of nitrogens with zero attached hydrogens (tertiary/aromatic N) is 1. The van der Waals surface area contributed by atoms with E-state index in [0.717, 1.165) is 44.3 Å². The fourth-order valence-electron chi connectivity index (χ4n) is 2.59. The summed E-state index contributed by atoms with van der Waals surface area (Å²) in [5.41, 5.74) is -1.65. The van der Waals surface area contributed by atoms with Crippen molar-refractivity contribution < 1.29 is 23.0 Å². The number of nitrogens with one attached hydrogen (secondary N) is 1. The first-order valence-electron chi connectivity index (χ1n) is 7.64. The second-order valence-electron chi connectivity index (χ2n) is 6.12. The maximum atomic E-state index is 12.6. The van der Waals surface area contributed by atoms with Gasteiger partial charge in [-0.3, -0.25) is 0 Å². The molecule has 4 nitrogen and oxygen atoms in total. The molecule has 0 amide bonds. The van der Waals surface area contributed by atoms with E-state index in [0.29, 0.717) is 0 Å². The number of benzene rings is 1. The van der Waals surface area contributed by atoms with E-state index >= 15 is 0 Å². The van der Waals surface area contributed by atoms with Crippen LogP contribution in [0.5, 0.6) is 5.75 Å². The Morgan fingerprint density at radius 2 is 1.96 bits per heavy atom. The molecule has 1 aromatic carbocycles. The van der Waals surface area contributed by atoms with E-state index in [1.54, 1.807) is 7.11 Å². The first-order chi connectivity index (χ1) is 10.7. The van der Waals surface area contributed by atoms with E-state index in [9.17, 15) is 18.3 Å². The second kappa shape index (κ2) is 6.97. The SMILES string of the molecule is COc1cccc(N2CCC(NCC(C)(O)C(F)(F)F)CC2)c1. The fraction of sp³-hybridized carbons (Fsp3) is 0.625. The van der Waals surface area contributed by atoms with Crippen LogP contribution in [0, 0.1) is 0 Å². The van der Waals surface area contributed by atoms with Crippen molar-refractivity contribution >= 4 is 5.69 Å². The van der Waals surface area contributed by atoms with Gasteiger partial charge in [-0.2, -0.15) is 13.2 Å². The number of methoxy groups -OCH3 is 1. The number of halogens is 3. The van der Waals surface area contributed by atoms with Gasteiger partial charge in [0.1, 0.15) is 5.75 Å². The van der Waals surface area contributed by atoms with Gasteiger partial charge in [-0.05, 0) is 31.9 Å². The Labute approximate surface area is 134 Å². The van der Waals surface area contributed by atoms with E-state index in [-0.39, 0.29) is 6.04 Å². The summed E-state index contributed by atoms with van der Waals surface area (Å²) in [6.45, 7) is 1.81. The van der Waals surface area contributed by atoms with Gasteiger partial charge >= 0.3 is 6.18 Å². The number of hydrogen-bond acceptors (Lipinski definition) is 4. The number of aliphatic hydroxyl groups is 1. The summed E-state index contributed by atoms with van der Waals surface area (Å²) in [4.78, 5) is 2.18. The second-order valence-corrected chi connectivity index (χ2v) is 6.12. The van der Waals surface area contributed by atoms with Crippen LogP contribution in [0.25, 0.3) is 0 Å². The monoisotopic (exact) mass is 332 g/mol. The molecule has 130 valence electrons. The molecule has 1 saturated heterocycles. The predicted octanol–water partition coefficient (Wildman–Crippen LogP) is 2.57. The van der Waals surface area contributed by atoms with Gasteiger partial charge in [0, 0.05) is 37.4 Å². The largest absolute Gasteiger partial charge is 0.497 e. The van der Waals surface area contributed by atoms with Gasteiger partial charge in [-0.25, -0.2) is 0 Å². The predicted molar refractivity (Wildman–Crippen MR) is 82.9 cm³/mol. The number of ether oxygens (including phenoxy) is 1. The highest BCUT2D eigenvalue weighted by molar-refractivity contribution is 5.51. The molecule has 0 bridgehead atoms. The normalized spacial score (nSPS) is 19.5. The third kappa shape index (κ3) is 4.51. The summed E-state index contributed by atoms with van der Waals surface area (Å²) in [6.07, 6.45) is -3.17. The molecule has 1 unspecified atom stereocenters. The zero-order valence-electron chi connectivity index (χ0n) is 13.4. The van der Waals surface area contributed by atoms with Crippen LogP contribution in [0.4, 0.5) is 18.9 Å². The Kier molecular flexibility index (Phi) is 5.41. The first kappa shape index (κ1) is 17.9. The number of rotatable bonds is 5. The third-order valence-electron chi connectivity index (χ3n) is 4.26. The molecule has 0 aromatic heterocycles. The number of hydrogen-bond donors (Lipinski definition) is 2. The van der Waals surface area contributed by atoms with Crippen LogP contribution in [0.2, 0.25) is 0 Å². The van der Waals surface area contributed by atoms with Crippen molar-refractivity contribution in [2.24, 2.45) is 0 Å². The lowest BCUT2D eigenvalue weighted by molar-refractivity contribution is -0.250. The summed E-state index contributed by atoms with van der Waals surface area (Å²) in [5.74, 6) is 0.781. The van der Waals surface area contributed by atoms with Crippen molar-refractivity contribution in [3.8, 4) is 5.75 Å². The average Bonchev–Trinajstić information content (AvgIpc) is 2.52. The van der Waals surface area contributed by atoms with Gasteiger partial charge in [0.25, 0.3) is 0 Å². The highest BCUT2D eigenvalue weighted by Crippen LogP contribution is 2.30. The summed E-state index contributed by atoms with van der Waals surface area (Å²) in [7, 11) is 1.61. The minimum absolute atomic E-state index is 0.0225. The summed E-state index contributed by atoms with van der Waals surface area (Å²) in [6, 6.07) is 7.70. The van der Waals surface area contributed by atoms with Crippen LogP contribution >= 0.6 is 0 Å². The molecule has 0 radical (unpaired) electrons. The van der Waals surface area contributed by atoms with Crippen LogP contribution in [-0.4, -0.2) is 49.7 Å². The first-order valence-corrected chi connectivity index (χ1v) is 7.64. The minimum atomic E-state index is -4.62. The summed E-state index contributed by atoms with van der Waals surface area (Å²) < 4.78 is 43.1. The Morgan fingerprint density at radius 1 is 1.30 bits per heavy atom. The molecule has 1 atom stereocenters. The zero-order valence-corrected chi connectivity index (χ0v) is 13.4. The minimum Gasteiger partial charge on any atom is -0.497 e. The van der Waals surface area contributed by atoms with Crippen LogP contribution in [0.15, 0.2) is 24.3 Å². The standard InChI is InChI=1S/C16H23F3N2O2/c1-15(22,16(17,18)19)11-20-12-6-8-21(9-7-12)13-4-3-5-14(10-13)23-2/h3-5,10,12,20,22H,6-9,11H2,1-2H3. The molecule has 1 heterocycles. The summed E-state index contributed by atoms with van der Waals surface area (Å²) in [5, 5.41) is 12.3. The maximum Gasteiger partial charge on any atom is 0.418 e. The Hall–Kier alpha value is -1.47. The van der Waals surface area contributed by atoms with E-state index in [2.05, 4.69) is 10.2 Å². The molecule has 0 spiro atoms. The molecule has 7 heteroatoms. The van der Waals surface area contributed by atoms with Crippen LogP contribution < -0.4 is 15.0 Å². The maximum absolute atomic E-state index is 12.6.